The van der Waals surface area contributed by atoms with E-state index >= 15 is 0 Å². The molecule has 1 fully saturated rings. The van der Waals surface area contributed by atoms with Crippen LogP contribution in [0.1, 0.15) is 27.0 Å². The van der Waals surface area contributed by atoms with Crippen LogP contribution >= 0.6 is 7.82 Å². The smallest absolute Gasteiger partial charge is 0.472 e. The fourth-order valence-electron chi connectivity index (χ4n) is 2.28. The van der Waals surface area contributed by atoms with Crippen LogP contribution in [0.2, 0.25) is 0 Å². The predicted octanol–water partition coefficient (Wildman–Crippen LogP) is -0.884. The lowest BCUT2D eigenvalue weighted by atomic mass is 9.99. The van der Waals surface area contributed by atoms with Crippen molar-refractivity contribution in [2.24, 2.45) is 5.41 Å². The SMILES string of the molecule is CC(C)(C)COP(=O)(O)O[C@H]1[C@@H](O)[C@H](n2ccc([O-])nc2=O)O[C@@H]1CO. The van der Waals surface area contributed by atoms with Crippen LogP contribution in [0.15, 0.2) is 17.1 Å². The van der Waals surface area contributed by atoms with E-state index in [4.69, 9.17) is 13.8 Å². The van der Waals surface area contributed by atoms with E-state index in [0.717, 1.165) is 16.8 Å². The third-order valence-corrected chi connectivity index (χ3v) is 4.45. The highest BCUT2D eigenvalue weighted by molar-refractivity contribution is 7.47. The molecule has 11 nitrogen and oxygen atoms in total. The van der Waals surface area contributed by atoms with Gasteiger partial charge < -0.3 is 24.9 Å². The van der Waals surface area contributed by atoms with Crippen LogP contribution in [0.25, 0.3) is 0 Å². The maximum absolute atomic E-state index is 12.1. The van der Waals surface area contributed by atoms with Crippen molar-refractivity contribution in [1.29, 1.82) is 0 Å². The first-order valence-electron chi connectivity index (χ1n) is 7.80. The third-order valence-electron chi connectivity index (χ3n) is 3.48. The average molecular weight is 393 g/mol. The minimum Gasteiger partial charge on any atom is -0.858 e. The molecule has 0 aromatic carbocycles. The number of rotatable bonds is 6. The van der Waals surface area contributed by atoms with Crippen molar-refractivity contribution in [3.8, 4) is 5.88 Å². The van der Waals surface area contributed by atoms with Gasteiger partial charge in [0.05, 0.1) is 13.2 Å². The van der Waals surface area contributed by atoms with Gasteiger partial charge in [0.25, 0.3) is 0 Å². The number of nitrogens with zero attached hydrogens (tertiary/aromatic N) is 2. The first-order valence-corrected chi connectivity index (χ1v) is 9.29. The van der Waals surface area contributed by atoms with Crippen LogP contribution in [-0.2, 0) is 18.3 Å². The predicted molar refractivity (Wildman–Crippen MR) is 85.1 cm³/mol. The Bertz CT molecular complexity index is 732. The summed E-state index contributed by atoms with van der Waals surface area (Å²) in [5, 5.41) is 30.9. The largest absolute Gasteiger partial charge is 0.858 e. The molecule has 0 aliphatic carbocycles. The molecule has 1 saturated heterocycles. The highest BCUT2D eigenvalue weighted by Gasteiger charge is 2.49. The Kier molecular flexibility index (Phi) is 6.24. The Labute approximate surface area is 149 Å². The van der Waals surface area contributed by atoms with Crippen molar-refractivity contribution in [3.05, 3.63) is 22.7 Å². The van der Waals surface area contributed by atoms with E-state index < -0.39 is 56.0 Å². The van der Waals surface area contributed by atoms with Crippen LogP contribution in [0.4, 0.5) is 0 Å². The normalized spacial score (nSPS) is 28.8. The molecule has 0 bridgehead atoms. The Morgan fingerprint density at radius 1 is 1.46 bits per heavy atom. The Morgan fingerprint density at radius 3 is 2.65 bits per heavy atom. The molecule has 5 atom stereocenters. The van der Waals surface area contributed by atoms with Gasteiger partial charge in [0.15, 0.2) is 6.23 Å². The van der Waals surface area contributed by atoms with Crippen molar-refractivity contribution in [3.63, 3.8) is 0 Å². The van der Waals surface area contributed by atoms with Gasteiger partial charge >= 0.3 is 13.5 Å². The summed E-state index contributed by atoms with van der Waals surface area (Å²) < 4.78 is 28.2. The van der Waals surface area contributed by atoms with E-state index in [1.54, 1.807) is 20.8 Å². The lowest BCUT2D eigenvalue weighted by Crippen LogP contribution is -2.37. The lowest BCUT2D eigenvalue weighted by Gasteiger charge is -2.25. The van der Waals surface area contributed by atoms with Crippen LogP contribution in [0, 0.1) is 5.41 Å². The summed E-state index contributed by atoms with van der Waals surface area (Å²) in [5.74, 6) is -0.763. The molecule has 148 valence electrons. The minimum atomic E-state index is -4.57. The topological polar surface area (TPSA) is 163 Å². The molecule has 2 heterocycles. The van der Waals surface area contributed by atoms with Crippen LogP contribution in [0.3, 0.4) is 0 Å². The molecule has 1 unspecified atom stereocenters. The standard InChI is InChI=1S/C14H23N2O9P/c1-14(2,3)7-23-26(21,22)25-11-8(6-17)24-12(10(11)19)16-5-4-9(18)15-13(16)20/h4-5,8,10-12,17,19H,6-7H2,1-3H3,(H,21,22)(H,15,18,20)/p-1/t8-,10-,11-,12-/m1/s1. The summed E-state index contributed by atoms with van der Waals surface area (Å²) >= 11 is 0. The summed E-state index contributed by atoms with van der Waals surface area (Å²) in [6.45, 7) is 4.61. The van der Waals surface area contributed by atoms with E-state index in [2.05, 4.69) is 4.98 Å². The molecule has 0 radical (unpaired) electrons. The number of phosphoric acid groups is 1. The van der Waals surface area contributed by atoms with Crippen LogP contribution in [0.5, 0.6) is 5.88 Å². The summed E-state index contributed by atoms with van der Waals surface area (Å²) in [4.78, 5) is 24.8. The number of aliphatic hydroxyl groups is 2. The number of hydrogen-bond acceptors (Lipinski definition) is 9. The fourth-order valence-corrected chi connectivity index (χ4v) is 3.46. The molecule has 0 spiro atoms. The molecule has 1 aliphatic rings. The fraction of sp³-hybridized carbons (Fsp3) is 0.714. The van der Waals surface area contributed by atoms with Gasteiger partial charge in [-0.3, -0.25) is 13.6 Å². The number of ether oxygens (including phenoxy) is 1. The maximum atomic E-state index is 12.1. The molecule has 0 saturated carbocycles. The lowest BCUT2D eigenvalue weighted by molar-refractivity contribution is -0.275. The first kappa shape index (κ1) is 21.0. The van der Waals surface area contributed by atoms with Gasteiger partial charge in [-0.1, -0.05) is 20.8 Å². The summed E-state index contributed by atoms with van der Waals surface area (Å²) in [7, 11) is -4.57. The maximum Gasteiger partial charge on any atom is 0.472 e. The second-order valence-corrected chi connectivity index (χ2v) is 8.47. The van der Waals surface area contributed by atoms with E-state index in [9.17, 15) is 29.6 Å². The Morgan fingerprint density at radius 2 is 2.12 bits per heavy atom. The van der Waals surface area contributed by atoms with Gasteiger partial charge in [0, 0.05) is 6.20 Å². The summed E-state index contributed by atoms with van der Waals surface area (Å²) in [5.41, 5.74) is -1.39. The molecular weight excluding hydrogens is 371 g/mol. The molecule has 3 N–H and O–H groups in total. The molecule has 1 aromatic rings. The summed E-state index contributed by atoms with van der Waals surface area (Å²) in [6.07, 6.45) is -4.54. The van der Waals surface area contributed by atoms with E-state index in [1.165, 1.54) is 0 Å². The Hall–Kier alpha value is -1.33. The van der Waals surface area contributed by atoms with Crippen LogP contribution < -0.4 is 10.8 Å². The van der Waals surface area contributed by atoms with Crippen molar-refractivity contribution >= 4 is 7.82 Å². The van der Waals surface area contributed by atoms with Crippen molar-refractivity contribution in [1.82, 2.24) is 9.55 Å². The Balaban J connectivity index is 2.18. The molecule has 0 amide bonds. The van der Waals surface area contributed by atoms with Gasteiger partial charge in [0.2, 0.25) is 0 Å². The molecule has 12 heteroatoms. The third kappa shape index (κ3) is 5.10. The number of hydrogen-bond donors (Lipinski definition) is 3. The van der Waals surface area contributed by atoms with E-state index in [-0.39, 0.29) is 6.61 Å². The highest BCUT2D eigenvalue weighted by Crippen LogP contribution is 2.49. The molecule has 2 rings (SSSR count). The number of aliphatic hydroxyl groups excluding tert-OH is 2. The van der Waals surface area contributed by atoms with Crippen molar-refractivity contribution in [2.75, 3.05) is 13.2 Å². The average Bonchev–Trinajstić information content (AvgIpc) is 2.81. The number of aromatic nitrogens is 2. The second kappa shape index (κ2) is 7.73. The molecular formula is C14H22N2O9P-. The first-order chi connectivity index (χ1) is 11.9. The van der Waals surface area contributed by atoms with Gasteiger partial charge in [-0.25, -0.2) is 14.3 Å². The van der Waals surface area contributed by atoms with Crippen LogP contribution in [-0.4, -0.2) is 56.2 Å². The molecule has 1 aliphatic heterocycles. The molecule has 26 heavy (non-hydrogen) atoms. The second-order valence-electron chi connectivity index (χ2n) is 7.07. The zero-order chi connectivity index (χ0) is 19.7. The zero-order valence-electron chi connectivity index (χ0n) is 14.5. The minimum absolute atomic E-state index is 0.0913. The van der Waals surface area contributed by atoms with E-state index in [1.807, 2.05) is 0 Å². The van der Waals surface area contributed by atoms with E-state index in [0.29, 0.717) is 0 Å². The zero-order valence-corrected chi connectivity index (χ0v) is 15.4. The summed E-state index contributed by atoms with van der Waals surface area (Å²) in [6, 6.07) is 0.989. The van der Waals surface area contributed by atoms with Gasteiger partial charge in [-0.15, -0.1) is 0 Å². The van der Waals surface area contributed by atoms with Gasteiger partial charge in [-0.05, 0) is 17.4 Å². The van der Waals surface area contributed by atoms with Crippen molar-refractivity contribution in [2.45, 2.75) is 45.3 Å². The molecule has 1 aromatic heterocycles. The quantitative estimate of drug-likeness (QED) is 0.517. The number of phosphoric ester groups is 1. The van der Waals surface area contributed by atoms with Gasteiger partial charge in [0.1, 0.15) is 18.3 Å². The highest BCUT2D eigenvalue weighted by atomic mass is 31.2. The van der Waals surface area contributed by atoms with Gasteiger partial charge in [-0.2, -0.15) is 0 Å². The monoisotopic (exact) mass is 393 g/mol. The van der Waals surface area contributed by atoms with Crippen molar-refractivity contribution < 1.29 is 38.6 Å².